The number of aliphatic hydroxyl groups is 1. The van der Waals surface area contributed by atoms with Gasteiger partial charge in [-0.05, 0) is 43.8 Å². The van der Waals surface area contributed by atoms with E-state index in [0.717, 1.165) is 17.1 Å². The van der Waals surface area contributed by atoms with Crippen molar-refractivity contribution in [1.29, 1.82) is 0 Å². The Balaban J connectivity index is 1.93. The van der Waals surface area contributed by atoms with Gasteiger partial charge in [-0.2, -0.15) is 0 Å². The zero-order valence-electron chi connectivity index (χ0n) is 11.1. The first-order chi connectivity index (χ1) is 9.04. The third kappa shape index (κ3) is 4.10. The minimum atomic E-state index is -0.556. The number of rotatable bonds is 5. The van der Waals surface area contributed by atoms with E-state index in [1.54, 1.807) is 12.1 Å². The Hall–Kier alpha value is -1.29. The molecule has 0 aliphatic rings. The first-order valence-corrected chi connectivity index (χ1v) is 6.60. The minimum Gasteiger partial charge on any atom is -0.465 e. The third-order valence-corrected chi connectivity index (χ3v) is 3.17. The van der Waals surface area contributed by atoms with Gasteiger partial charge in [0.15, 0.2) is 0 Å². The highest BCUT2D eigenvalue weighted by molar-refractivity contribution is 6.30. The van der Waals surface area contributed by atoms with Crippen LogP contribution in [0.4, 0.5) is 0 Å². The smallest absolute Gasteiger partial charge is 0.118 e. The number of likely N-dealkylation sites (N-methyl/N-ethyl adjacent to an activating group) is 1. The zero-order chi connectivity index (χ0) is 13.8. The summed E-state index contributed by atoms with van der Waals surface area (Å²) in [5, 5.41) is 10.8. The molecule has 1 atom stereocenters. The number of benzene rings is 1. The van der Waals surface area contributed by atoms with Crippen molar-refractivity contribution in [2.75, 3.05) is 13.6 Å². The second kappa shape index (κ2) is 6.24. The second-order valence-electron chi connectivity index (χ2n) is 4.78. The Bertz CT molecular complexity index is 538. The first-order valence-electron chi connectivity index (χ1n) is 6.22. The van der Waals surface area contributed by atoms with Crippen LogP contribution < -0.4 is 0 Å². The van der Waals surface area contributed by atoms with E-state index in [4.69, 9.17) is 16.0 Å². The maximum Gasteiger partial charge on any atom is 0.118 e. The molecule has 1 unspecified atom stereocenters. The van der Waals surface area contributed by atoms with Crippen molar-refractivity contribution >= 4 is 11.6 Å². The number of hydrogen-bond acceptors (Lipinski definition) is 3. The number of nitrogens with zero attached hydrogens (tertiary/aromatic N) is 1. The summed E-state index contributed by atoms with van der Waals surface area (Å²) >= 11 is 5.92. The van der Waals surface area contributed by atoms with Gasteiger partial charge in [-0.3, -0.25) is 4.90 Å². The minimum absolute atomic E-state index is 0.528. The number of furan rings is 1. The molecule has 1 aromatic heterocycles. The van der Waals surface area contributed by atoms with Gasteiger partial charge in [0.25, 0.3) is 0 Å². The SMILES string of the molecule is Cc1ccc(CN(C)CC(O)c2cccc(Cl)c2)o1. The summed E-state index contributed by atoms with van der Waals surface area (Å²) in [5.41, 5.74) is 0.829. The van der Waals surface area contributed by atoms with Crippen LogP contribution >= 0.6 is 11.6 Å². The molecule has 0 amide bonds. The normalized spacial score (nSPS) is 12.9. The summed E-state index contributed by atoms with van der Waals surface area (Å²) in [5.74, 6) is 1.80. The Morgan fingerprint density at radius 1 is 1.32 bits per heavy atom. The van der Waals surface area contributed by atoms with Crippen LogP contribution in [0.2, 0.25) is 5.02 Å². The maximum absolute atomic E-state index is 10.2. The molecular formula is C15H18ClNO2. The van der Waals surface area contributed by atoms with E-state index in [1.165, 1.54) is 0 Å². The lowest BCUT2D eigenvalue weighted by Crippen LogP contribution is -2.24. The van der Waals surface area contributed by atoms with E-state index in [0.29, 0.717) is 18.1 Å². The topological polar surface area (TPSA) is 36.6 Å². The highest BCUT2D eigenvalue weighted by Crippen LogP contribution is 2.19. The van der Waals surface area contributed by atoms with Crippen LogP contribution in [0.25, 0.3) is 0 Å². The summed E-state index contributed by atoms with van der Waals surface area (Å²) in [6, 6.07) is 11.2. The summed E-state index contributed by atoms with van der Waals surface area (Å²) in [6.45, 7) is 3.12. The molecule has 0 radical (unpaired) electrons. The number of hydrogen-bond donors (Lipinski definition) is 1. The van der Waals surface area contributed by atoms with Crippen molar-refractivity contribution < 1.29 is 9.52 Å². The first kappa shape index (κ1) is 14.1. The van der Waals surface area contributed by atoms with Crippen LogP contribution in [0.5, 0.6) is 0 Å². The lowest BCUT2D eigenvalue weighted by molar-refractivity contribution is 0.120. The summed E-state index contributed by atoms with van der Waals surface area (Å²) in [6.07, 6.45) is -0.556. The fourth-order valence-corrected chi connectivity index (χ4v) is 2.21. The number of aliphatic hydroxyl groups excluding tert-OH is 1. The molecule has 0 fully saturated rings. The highest BCUT2D eigenvalue weighted by atomic mass is 35.5. The number of halogens is 1. The van der Waals surface area contributed by atoms with Crippen LogP contribution in [-0.2, 0) is 6.54 Å². The van der Waals surface area contributed by atoms with Crippen molar-refractivity contribution in [2.24, 2.45) is 0 Å². The molecule has 2 aromatic rings. The summed E-state index contributed by atoms with van der Waals surface area (Å²) < 4.78 is 5.52. The van der Waals surface area contributed by atoms with Crippen LogP contribution in [0, 0.1) is 6.92 Å². The molecule has 2 rings (SSSR count). The van der Waals surface area contributed by atoms with Gasteiger partial charge in [0, 0.05) is 11.6 Å². The van der Waals surface area contributed by atoms with Crippen LogP contribution in [0.3, 0.4) is 0 Å². The molecule has 19 heavy (non-hydrogen) atoms. The predicted molar refractivity (Wildman–Crippen MR) is 76.2 cm³/mol. The third-order valence-electron chi connectivity index (χ3n) is 2.94. The molecule has 1 N–H and O–H groups in total. The van der Waals surface area contributed by atoms with Crippen molar-refractivity contribution in [3.05, 3.63) is 58.5 Å². The van der Waals surface area contributed by atoms with Crippen molar-refractivity contribution in [1.82, 2.24) is 4.90 Å². The quantitative estimate of drug-likeness (QED) is 0.911. The van der Waals surface area contributed by atoms with E-state index in [9.17, 15) is 5.11 Å². The van der Waals surface area contributed by atoms with E-state index in [2.05, 4.69) is 0 Å². The Kier molecular flexibility index (Phi) is 4.64. The molecule has 0 bridgehead atoms. The Labute approximate surface area is 118 Å². The van der Waals surface area contributed by atoms with E-state index >= 15 is 0 Å². The molecule has 0 saturated carbocycles. The van der Waals surface area contributed by atoms with Crippen LogP contribution in [0.15, 0.2) is 40.8 Å². The average molecular weight is 280 g/mol. The average Bonchev–Trinajstić information content (AvgIpc) is 2.74. The van der Waals surface area contributed by atoms with Gasteiger partial charge in [0.1, 0.15) is 11.5 Å². The maximum atomic E-state index is 10.2. The zero-order valence-corrected chi connectivity index (χ0v) is 11.9. The largest absolute Gasteiger partial charge is 0.465 e. The highest BCUT2D eigenvalue weighted by Gasteiger charge is 2.12. The van der Waals surface area contributed by atoms with Gasteiger partial charge in [-0.15, -0.1) is 0 Å². The molecular weight excluding hydrogens is 262 g/mol. The molecule has 3 nitrogen and oxygen atoms in total. The predicted octanol–water partition coefficient (Wildman–Crippen LogP) is 3.41. The van der Waals surface area contributed by atoms with Crippen molar-refractivity contribution in [3.63, 3.8) is 0 Å². The van der Waals surface area contributed by atoms with E-state index in [1.807, 2.05) is 43.1 Å². The molecule has 0 aliphatic heterocycles. The monoisotopic (exact) mass is 279 g/mol. The molecule has 0 saturated heterocycles. The van der Waals surface area contributed by atoms with Gasteiger partial charge in [0.2, 0.25) is 0 Å². The van der Waals surface area contributed by atoms with Crippen molar-refractivity contribution in [3.8, 4) is 0 Å². The lowest BCUT2D eigenvalue weighted by atomic mass is 10.1. The number of aryl methyl sites for hydroxylation is 1. The lowest BCUT2D eigenvalue weighted by Gasteiger charge is -2.19. The van der Waals surface area contributed by atoms with Crippen LogP contribution in [0.1, 0.15) is 23.2 Å². The summed E-state index contributed by atoms with van der Waals surface area (Å²) in [4.78, 5) is 2.02. The van der Waals surface area contributed by atoms with E-state index in [-0.39, 0.29) is 0 Å². The van der Waals surface area contributed by atoms with Gasteiger partial charge in [0.05, 0.1) is 12.6 Å². The molecule has 102 valence electrons. The fraction of sp³-hybridized carbons (Fsp3) is 0.333. The van der Waals surface area contributed by atoms with Gasteiger partial charge in [-0.25, -0.2) is 0 Å². The Morgan fingerprint density at radius 3 is 2.74 bits per heavy atom. The van der Waals surface area contributed by atoms with E-state index < -0.39 is 6.10 Å². The second-order valence-corrected chi connectivity index (χ2v) is 5.22. The van der Waals surface area contributed by atoms with Gasteiger partial charge >= 0.3 is 0 Å². The van der Waals surface area contributed by atoms with Crippen molar-refractivity contribution in [2.45, 2.75) is 19.6 Å². The molecule has 4 heteroatoms. The van der Waals surface area contributed by atoms with Gasteiger partial charge in [-0.1, -0.05) is 23.7 Å². The van der Waals surface area contributed by atoms with Gasteiger partial charge < -0.3 is 9.52 Å². The molecule has 0 spiro atoms. The van der Waals surface area contributed by atoms with Crippen LogP contribution in [-0.4, -0.2) is 23.6 Å². The fourth-order valence-electron chi connectivity index (χ4n) is 2.02. The summed E-state index contributed by atoms with van der Waals surface area (Å²) in [7, 11) is 1.95. The standard InChI is InChI=1S/C15H18ClNO2/c1-11-6-7-14(19-11)9-17(2)10-15(18)12-4-3-5-13(16)8-12/h3-8,15,18H,9-10H2,1-2H3. The molecule has 0 aliphatic carbocycles. The molecule has 1 aromatic carbocycles. The molecule has 1 heterocycles. The Morgan fingerprint density at radius 2 is 2.11 bits per heavy atom.